The summed E-state index contributed by atoms with van der Waals surface area (Å²) in [6, 6.07) is 12.5. The van der Waals surface area contributed by atoms with Crippen LogP contribution in [0.15, 0.2) is 47.4 Å². The number of aryl methyl sites for hydroxylation is 1. The Morgan fingerprint density at radius 2 is 1.82 bits per heavy atom. The molecule has 0 fully saturated rings. The van der Waals surface area contributed by atoms with Gasteiger partial charge in [-0.05, 0) is 48.4 Å². The molecule has 0 aromatic heterocycles. The molecule has 0 aliphatic heterocycles. The van der Waals surface area contributed by atoms with Crippen molar-refractivity contribution in [3.05, 3.63) is 59.4 Å². The van der Waals surface area contributed by atoms with Crippen molar-refractivity contribution in [2.75, 3.05) is 5.73 Å². The van der Waals surface area contributed by atoms with Crippen LogP contribution in [0.1, 0.15) is 11.1 Å². The van der Waals surface area contributed by atoms with Crippen LogP contribution in [0, 0.1) is 12.7 Å². The molecule has 0 aliphatic carbocycles. The summed E-state index contributed by atoms with van der Waals surface area (Å²) in [4.78, 5) is 1.21. The highest BCUT2D eigenvalue weighted by atomic mass is 32.2. The van der Waals surface area contributed by atoms with E-state index in [1.165, 1.54) is 22.6 Å². The quantitative estimate of drug-likeness (QED) is 0.655. The van der Waals surface area contributed by atoms with Crippen LogP contribution in [0.2, 0.25) is 0 Å². The zero-order valence-electron chi connectivity index (χ0n) is 9.61. The molecule has 3 heteroatoms. The van der Waals surface area contributed by atoms with Crippen molar-refractivity contribution in [2.24, 2.45) is 0 Å². The number of nitrogens with two attached hydrogens (primary N) is 1. The second kappa shape index (κ2) is 5.23. The normalized spacial score (nSPS) is 10.5. The van der Waals surface area contributed by atoms with E-state index in [9.17, 15) is 4.39 Å². The molecular formula is C14H14FNS. The molecule has 0 unspecified atom stereocenters. The summed E-state index contributed by atoms with van der Waals surface area (Å²) in [5.41, 5.74) is 8.78. The molecule has 0 aliphatic rings. The molecule has 0 radical (unpaired) electrons. The van der Waals surface area contributed by atoms with Crippen LogP contribution in [0.25, 0.3) is 0 Å². The maximum absolute atomic E-state index is 12.7. The standard InChI is InChI=1S/C14H14FNS/c1-10-8-13(16)6-7-14(10)17-9-11-2-4-12(15)5-3-11/h2-8H,9,16H2,1H3. The molecule has 0 atom stereocenters. The summed E-state index contributed by atoms with van der Waals surface area (Å²) in [5.74, 6) is 0.646. The number of hydrogen-bond acceptors (Lipinski definition) is 2. The zero-order valence-corrected chi connectivity index (χ0v) is 10.4. The molecular weight excluding hydrogens is 233 g/mol. The van der Waals surface area contributed by atoms with E-state index in [2.05, 4.69) is 0 Å². The van der Waals surface area contributed by atoms with Gasteiger partial charge < -0.3 is 5.73 Å². The van der Waals surface area contributed by atoms with Crippen molar-refractivity contribution in [3.8, 4) is 0 Å². The van der Waals surface area contributed by atoms with Crippen molar-refractivity contribution in [1.29, 1.82) is 0 Å². The van der Waals surface area contributed by atoms with Crippen LogP contribution in [0.3, 0.4) is 0 Å². The zero-order chi connectivity index (χ0) is 12.3. The average molecular weight is 247 g/mol. The van der Waals surface area contributed by atoms with Gasteiger partial charge in [0.15, 0.2) is 0 Å². The first kappa shape index (κ1) is 12.0. The molecule has 0 spiro atoms. The van der Waals surface area contributed by atoms with Crippen LogP contribution in [-0.2, 0) is 5.75 Å². The highest BCUT2D eigenvalue weighted by Gasteiger charge is 2.01. The predicted octanol–water partition coefficient (Wildman–Crippen LogP) is 4.01. The first-order valence-corrected chi connectivity index (χ1v) is 6.37. The molecule has 0 saturated heterocycles. The van der Waals surface area contributed by atoms with Crippen molar-refractivity contribution >= 4 is 17.4 Å². The summed E-state index contributed by atoms with van der Waals surface area (Å²) in [6.45, 7) is 2.04. The monoisotopic (exact) mass is 247 g/mol. The topological polar surface area (TPSA) is 26.0 Å². The average Bonchev–Trinajstić information content (AvgIpc) is 2.30. The van der Waals surface area contributed by atoms with Crippen LogP contribution in [0.5, 0.6) is 0 Å². The molecule has 2 rings (SSSR count). The fraction of sp³-hybridized carbons (Fsp3) is 0.143. The molecule has 0 bridgehead atoms. The van der Waals surface area contributed by atoms with E-state index in [-0.39, 0.29) is 5.82 Å². The molecule has 88 valence electrons. The molecule has 2 aromatic rings. The first-order valence-electron chi connectivity index (χ1n) is 5.38. The minimum atomic E-state index is -0.192. The number of benzene rings is 2. The van der Waals surface area contributed by atoms with Gasteiger partial charge in [-0.2, -0.15) is 0 Å². The first-order chi connectivity index (χ1) is 8.15. The van der Waals surface area contributed by atoms with Gasteiger partial charge in [-0.1, -0.05) is 12.1 Å². The Morgan fingerprint density at radius 1 is 1.12 bits per heavy atom. The Hall–Kier alpha value is -1.48. The molecule has 2 aromatic carbocycles. The van der Waals surface area contributed by atoms with Crippen LogP contribution >= 0.6 is 11.8 Å². The second-order valence-corrected chi connectivity index (χ2v) is 4.96. The number of hydrogen-bond donors (Lipinski definition) is 1. The van der Waals surface area contributed by atoms with E-state index < -0.39 is 0 Å². The molecule has 1 nitrogen and oxygen atoms in total. The SMILES string of the molecule is Cc1cc(N)ccc1SCc1ccc(F)cc1. The highest BCUT2D eigenvalue weighted by Crippen LogP contribution is 2.27. The fourth-order valence-corrected chi connectivity index (χ4v) is 2.54. The summed E-state index contributed by atoms with van der Waals surface area (Å²) in [7, 11) is 0. The minimum Gasteiger partial charge on any atom is -0.399 e. The summed E-state index contributed by atoms with van der Waals surface area (Å²) < 4.78 is 12.7. The van der Waals surface area contributed by atoms with Gasteiger partial charge in [0.05, 0.1) is 0 Å². The van der Waals surface area contributed by atoms with Crippen LogP contribution in [-0.4, -0.2) is 0 Å². The van der Waals surface area contributed by atoms with Crippen LogP contribution in [0.4, 0.5) is 10.1 Å². The number of anilines is 1. The lowest BCUT2D eigenvalue weighted by molar-refractivity contribution is 0.627. The van der Waals surface area contributed by atoms with Gasteiger partial charge in [0.25, 0.3) is 0 Å². The Balaban J connectivity index is 2.04. The van der Waals surface area contributed by atoms with E-state index in [4.69, 9.17) is 5.73 Å². The Kier molecular flexibility index (Phi) is 3.69. The fourth-order valence-electron chi connectivity index (χ4n) is 1.58. The van der Waals surface area contributed by atoms with Gasteiger partial charge in [0.1, 0.15) is 5.82 Å². The van der Waals surface area contributed by atoms with Gasteiger partial charge in [0.2, 0.25) is 0 Å². The summed E-state index contributed by atoms with van der Waals surface area (Å²) in [6.07, 6.45) is 0. The van der Waals surface area contributed by atoms with Gasteiger partial charge in [0, 0.05) is 16.3 Å². The van der Waals surface area contributed by atoms with Crippen molar-refractivity contribution in [2.45, 2.75) is 17.6 Å². The third-order valence-electron chi connectivity index (χ3n) is 2.51. The van der Waals surface area contributed by atoms with Crippen molar-refractivity contribution in [3.63, 3.8) is 0 Å². The predicted molar refractivity (Wildman–Crippen MR) is 71.6 cm³/mol. The van der Waals surface area contributed by atoms with E-state index in [0.29, 0.717) is 0 Å². The van der Waals surface area contributed by atoms with Gasteiger partial charge in [-0.25, -0.2) is 4.39 Å². The second-order valence-electron chi connectivity index (χ2n) is 3.94. The van der Waals surface area contributed by atoms with E-state index in [1.54, 1.807) is 11.8 Å². The maximum atomic E-state index is 12.7. The maximum Gasteiger partial charge on any atom is 0.123 e. The number of thioether (sulfide) groups is 1. The molecule has 0 saturated carbocycles. The van der Waals surface area contributed by atoms with E-state index in [1.807, 2.05) is 37.3 Å². The van der Waals surface area contributed by atoms with E-state index >= 15 is 0 Å². The smallest absolute Gasteiger partial charge is 0.123 e. The van der Waals surface area contributed by atoms with Gasteiger partial charge in [-0.3, -0.25) is 0 Å². The minimum absolute atomic E-state index is 0.192. The van der Waals surface area contributed by atoms with Crippen molar-refractivity contribution < 1.29 is 4.39 Å². The largest absolute Gasteiger partial charge is 0.399 e. The lowest BCUT2D eigenvalue weighted by Crippen LogP contribution is -1.88. The molecule has 17 heavy (non-hydrogen) atoms. The Labute approximate surface area is 105 Å². The number of rotatable bonds is 3. The lowest BCUT2D eigenvalue weighted by atomic mass is 10.2. The Morgan fingerprint density at radius 3 is 2.47 bits per heavy atom. The molecule has 2 N–H and O–H groups in total. The molecule has 0 amide bonds. The molecule has 0 heterocycles. The Bertz CT molecular complexity index is 508. The summed E-state index contributed by atoms with van der Waals surface area (Å²) >= 11 is 1.74. The van der Waals surface area contributed by atoms with E-state index in [0.717, 1.165) is 17.0 Å². The number of nitrogen functional groups attached to an aromatic ring is 1. The summed E-state index contributed by atoms with van der Waals surface area (Å²) in [5, 5.41) is 0. The third kappa shape index (κ3) is 3.24. The third-order valence-corrected chi connectivity index (χ3v) is 3.75. The van der Waals surface area contributed by atoms with Gasteiger partial charge in [-0.15, -0.1) is 11.8 Å². The number of halogens is 1. The highest BCUT2D eigenvalue weighted by molar-refractivity contribution is 7.98. The lowest BCUT2D eigenvalue weighted by Gasteiger charge is -2.06. The van der Waals surface area contributed by atoms with Gasteiger partial charge >= 0.3 is 0 Å². The van der Waals surface area contributed by atoms with Crippen LogP contribution < -0.4 is 5.73 Å². The van der Waals surface area contributed by atoms with Crippen molar-refractivity contribution in [1.82, 2.24) is 0 Å².